The topological polar surface area (TPSA) is 44.5 Å². The molecule has 2 rings (SSSR count). The van der Waals surface area contributed by atoms with Gasteiger partial charge >= 0.3 is 0 Å². The molecule has 3 N–H and O–H groups in total. The van der Waals surface area contributed by atoms with Crippen LogP contribution < -0.4 is 11.1 Å². The van der Waals surface area contributed by atoms with Crippen LogP contribution in [0.5, 0.6) is 0 Å². The molecule has 1 aromatic rings. The summed E-state index contributed by atoms with van der Waals surface area (Å²) in [6.45, 7) is 9.09. The Balaban J connectivity index is 2.15. The van der Waals surface area contributed by atoms with Gasteiger partial charge in [0.25, 0.3) is 0 Å². The lowest BCUT2D eigenvalue weighted by Crippen LogP contribution is -2.47. The first-order valence-corrected chi connectivity index (χ1v) is 8.25. The van der Waals surface area contributed by atoms with Crippen LogP contribution in [-0.2, 0) is 0 Å². The molecular formula is C15H24Cl2N4. The highest BCUT2D eigenvalue weighted by atomic mass is 35.5. The van der Waals surface area contributed by atoms with Crippen molar-refractivity contribution >= 4 is 23.2 Å². The fraction of sp³-hybridized carbons (Fsp3) is 0.600. The van der Waals surface area contributed by atoms with Crippen molar-refractivity contribution in [3.05, 3.63) is 33.8 Å². The third kappa shape index (κ3) is 3.89. The molecule has 0 aliphatic carbocycles. The first kappa shape index (κ1) is 17.0. The van der Waals surface area contributed by atoms with Crippen molar-refractivity contribution in [3.8, 4) is 0 Å². The smallest absolute Gasteiger partial charge is 0.112 e. The van der Waals surface area contributed by atoms with E-state index >= 15 is 0 Å². The van der Waals surface area contributed by atoms with E-state index in [1.54, 1.807) is 0 Å². The van der Waals surface area contributed by atoms with Gasteiger partial charge in [0.1, 0.15) is 6.29 Å². The van der Waals surface area contributed by atoms with Gasteiger partial charge in [0, 0.05) is 35.2 Å². The summed E-state index contributed by atoms with van der Waals surface area (Å²) in [6.07, 6.45) is -0.155. The van der Waals surface area contributed by atoms with E-state index in [0.717, 1.165) is 38.3 Å². The third-order valence-corrected chi connectivity index (χ3v) is 4.84. The van der Waals surface area contributed by atoms with Crippen molar-refractivity contribution in [2.45, 2.75) is 26.2 Å². The average molecular weight is 331 g/mol. The van der Waals surface area contributed by atoms with Crippen molar-refractivity contribution in [1.29, 1.82) is 0 Å². The highest BCUT2D eigenvalue weighted by Gasteiger charge is 2.34. The first-order chi connectivity index (χ1) is 10.1. The molecule has 1 aliphatic rings. The number of nitrogens with two attached hydrogens (primary N) is 1. The van der Waals surface area contributed by atoms with Gasteiger partial charge in [-0.25, -0.2) is 0 Å². The zero-order valence-electron chi connectivity index (χ0n) is 12.6. The first-order valence-electron chi connectivity index (χ1n) is 7.49. The lowest BCUT2D eigenvalue weighted by atomic mass is 10.1. The number of likely N-dealkylation sites (N-methyl/N-ethyl adjacent to an activating group) is 1. The molecule has 6 heteroatoms. The van der Waals surface area contributed by atoms with E-state index in [4.69, 9.17) is 28.9 Å². The highest BCUT2D eigenvalue weighted by Crippen LogP contribution is 2.35. The Kier molecular flexibility index (Phi) is 6.29. The van der Waals surface area contributed by atoms with E-state index in [1.807, 2.05) is 18.2 Å². The Bertz CT molecular complexity index is 445. The fourth-order valence-corrected chi connectivity index (χ4v) is 3.50. The average Bonchev–Trinajstić information content (AvgIpc) is 2.81. The van der Waals surface area contributed by atoms with Crippen molar-refractivity contribution in [2.75, 3.05) is 32.7 Å². The molecule has 2 atom stereocenters. The fourth-order valence-electron chi connectivity index (χ4n) is 2.85. The second kappa shape index (κ2) is 7.77. The maximum Gasteiger partial charge on any atom is 0.112 e. The van der Waals surface area contributed by atoms with Crippen LogP contribution in [-0.4, -0.2) is 48.8 Å². The number of halogens is 2. The molecule has 118 valence electrons. The summed E-state index contributed by atoms with van der Waals surface area (Å²) in [7, 11) is 0. The Morgan fingerprint density at radius 2 is 1.90 bits per heavy atom. The molecular weight excluding hydrogens is 307 g/mol. The van der Waals surface area contributed by atoms with Crippen LogP contribution >= 0.6 is 23.2 Å². The molecule has 0 saturated carbocycles. The van der Waals surface area contributed by atoms with Gasteiger partial charge in [-0.3, -0.25) is 10.2 Å². The van der Waals surface area contributed by atoms with Gasteiger partial charge in [-0.05, 0) is 25.2 Å². The number of hydrogen-bond acceptors (Lipinski definition) is 4. The summed E-state index contributed by atoms with van der Waals surface area (Å²) in [5, 5.41) is 4.71. The standard InChI is InChI=1S/C15H24Cl2N4/c1-3-20(4-2)8-9-21-13(10-19-15(21)18)14-11(16)6-5-7-12(14)17/h5-7,13,15,19H,3-4,8-10,18H2,1-2H3. The number of nitrogens with one attached hydrogen (secondary N) is 1. The van der Waals surface area contributed by atoms with E-state index in [2.05, 4.69) is 29.0 Å². The molecule has 4 nitrogen and oxygen atoms in total. The van der Waals surface area contributed by atoms with Crippen LogP contribution in [0, 0.1) is 0 Å². The number of hydrogen-bond donors (Lipinski definition) is 2. The van der Waals surface area contributed by atoms with Crippen molar-refractivity contribution in [2.24, 2.45) is 5.73 Å². The third-order valence-electron chi connectivity index (χ3n) is 4.18. The summed E-state index contributed by atoms with van der Waals surface area (Å²) in [5.74, 6) is 0. The van der Waals surface area contributed by atoms with E-state index in [-0.39, 0.29) is 12.3 Å². The normalized spacial score (nSPS) is 23.1. The molecule has 21 heavy (non-hydrogen) atoms. The minimum atomic E-state index is -0.155. The highest BCUT2D eigenvalue weighted by molar-refractivity contribution is 6.36. The molecule has 0 bridgehead atoms. The van der Waals surface area contributed by atoms with Crippen molar-refractivity contribution in [3.63, 3.8) is 0 Å². The monoisotopic (exact) mass is 330 g/mol. The van der Waals surface area contributed by atoms with Crippen LogP contribution in [0.2, 0.25) is 10.0 Å². The minimum Gasteiger partial charge on any atom is -0.303 e. The lowest BCUT2D eigenvalue weighted by molar-refractivity contribution is 0.161. The summed E-state index contributed by atoms with van der Waals surface area (Å²) >= 11 is 12.7. The summed E-state index contributed by atoms with van der Waals surface area (Å²) in [6, 6.07) is 5.76. The zero-order chi connectivity index (χ0) is 15.4. The van der Waals surface area contributed by atoms with Gasteiger partial charge in [-0.1, -0.05) is 43.1 Å². The molecule has 2 unspecified atom stereocenters. The SMILES string of the molecule is CCN(CC)CCN1C(N)NCC1c1c(Cl)cccc1Cl. The maximum atomic E-state index is 6.35. The minimum absolute atomic E-state index is 0.122. The van der Waals surface area contributed by atoms with Crippen LogP contribution in [0.15, 0.2) is 18.2 Å². The van der Waals surface area contributed by atoms with Crippen LogP contribution in [0.3, 0.4) is 0 Å². The Hall–Kier alpha value is -0.360. The number of benzene rings is 1. The lowest BCUT2D eigenvalue weighted by Gasteiger charge is -2.30. The molecule has 0 spiro atoms. The largest absolute Gasteiger partial charge is 0.303 e. The molecule has 1 saturated heterocycles. The van der Waals surface area contributed by atoms with E-state index in [1.165, 1.54) is 0 Å². The van der Waals surface area contributed by atoms with Crippen LogP contribution in [0.1, 0.15) is 25.5 Å². The summed E-state index contributed by atoms with van der Waals surface area (Å²) < 4.78 is 0. The molecule has 0 aromatic heterocycles. The molecule has 1 fully saturated rings. The maximum absolute atomic E-state index is 6.35. The molecule has 0 amide bonds. The summed E-state index contributed by atoms with van der Waals surface area (Å²) in [5.41, 5.74) is 7.16. The van der Waals surface area contributed by atoms with Gasteiger partial charge in [0.2, 0.25) is 0 Å². The van der Waals surface area contributed by atoms with Gasteiger partial charge in [-0.15, -0.1) is 0 Å². The molecule has 1 aliphatic heterocycles. The van der Waals surface area contributed by atoms with Crippen molar-refractivity contribution < 1.29 is 0 Å². The van der Waals surface area contributed by atoms with Gasteiger partial charge in [0.05, 0.1) is 6.04 Å². The van der Waals surface area contributed by atoms with E-state index in [9.17, 15) is 0 Å². The summed E-state index contributed by atoms with van der Waals surface area (Å²) in [4.78, 5) is 4.63. The quantitative estimate of drug-likeness (QED) is 0.841. The zero-order valence-corrected chi connectivity index (χ0v) is 14.2. The van der Waals surface area contributed by atoms with E-state index in [0.29, 0.717) is 10.0 Å². The predicted molar refractivity (Wildman–Crippen MR) is 89.7 cm³/mol. The van der Waals surface area contributed by atoms with Gasteiger partial charge in [-0.2, -0.15) is 0 Å². The number of nitrogens with zero attached hydrogens (tertiary/aromatic N) is 2. The Labute approximate surface area is 137 Å². The number of rotatable bonds is 6. The Morgan fingerprint density at radius 3 is 2.48 bits per heavy atom. The Morgan fingerprint density at radius 1 is 1.29 bits per heavy atom. The van der Waals surface area contributed by atoms with Gasteiger partial charge < -0.3 is 10.6 Å². The molecule has 1 heterocycles. The molecule has 1 aromatic carbocycles. The van der Waals surface area contributed by atoms with Gasteiger partial charge in [0.15, 0.2) is 0 Å². The second-order valence-corrected chi connectivity index (χ2v) is 6.08. The molecule has 0 radical (unpaired) electrons. The predicted octanol–water partition coefficient (Wildman–Crippen LogP) is 2.52. The van der Waals surface area contributed by atoms with E-state index < -0.39 is 0 Å². The van der Waals surface area contributed by atoms with Crippen LogP contribution in [0.25, 0.3) is 0 Å². The van der Waals surface area contributed by atoms with Crippen molar-refractivity contribution in [1.82, 2.24) is 15.1 Å². The van der Waals surface area contributed by atoms with Crippen LogP contribution in [0.4, 0.5) is 0 Å². The second-order valence-electron chi connectivity index (χ2n) is 5.27.